The molecule has 0 radical (unpaired) electrons. The molecule has 1 heterocycles. The van der Waals surface area contributed by atoms with E-state index >= 15 is 0 Å². The van der Waals surface area contributed by atoms with Gasteiger partial charge in [-0.1, -0.05) is 58.4 Å². The van der Waals surface area contributed by atoms with E-state index < -0.39 is 0 Å². The molecule has 4 aromatic rings. The van der Waals surface area contributed by atoms with Crippen LogP contribution in [0.15, 0.2) is 75.4 Å². The van der Waals surface area contributed by atoms with Crippen LogP contribution in [0.3, 0.4) is 0 Å². The van der Waals surface area contributed by atoms with E-state index in [1.165, 1.54) is 22.5 Å². The normalized spacial score (nSPS) is 11.6. The third kappa shape index (κ3) is 4.10. The Kier molecular flexibility index (Phi) is 5.45. The maximum atomic E-state index is 12.1. The fourth-order valence-electron chi connectivity index (χ4n) is 2.96. The summed E-state index contributed by atoms with van der Waals surface area (Å²) in [6.45, 7) is 0. The van der Waals surface area contributed by atoms with Crippen molar-refractivity contribution in [2.24, 2.45) is 10.2 Å². The molecule has 140 valence electrons. The van der Waals surface area contributed by atoms with Gasteiger partial charge in [0.2, 0.25) is 5.88 Å². The number of nitrogens with one attached hydrogen (secondary N) is 1. The van der Waals surface area contributed by atoms with Gasteiger partial charge >= 0.3 is 0 Å². The number of fused-ring (bicyclic) bond motifs is 2. The number of aromatic hydroxyl groups is 1. The van der Waals surface area contributed by atoms with Gasteiger partial charge in [-0.15, -0.1) is 22.0 Å². The molecule has 3 aromatic carbocycles. The number of amides is 1. The molecule has 0 bridgehead atoms. The van der Waals surface area contributed by atoms with E-state index in [0.29, 0.717) is 5.39 Å². The van der Waals surface area contributed by atoms with Crippen molar-refractivity contribution in [3.8, 4) is 5.88 Å². The van der Waals surface area contributed by atoms with Gasteiger partial charge in [-0.3, -0.25) is 4.79 Å². The van der Waals surface area contributed by atoms with Crippen LogP contribution in [0.4, 0.5) is 5.69 Å². The summed E-state index contributed by atoms with van der Waals surface area (Å²) in [5, 5.41) is 20.8. The third-order valence-electron chi connectivity index (χ3n) is 4.28. The molecule has 0 aliphatic heterocycles. The monoisotopic (exact) mass is 453 g/mol. The minimum absolute atomic E-state index is 0.103. The van der Waals surface area contributed by atoms with E-state index in [4.69, 9.17) is 0 Å². The summed E-state index contributed by atoms with van der Waals surface area (Å²) in [5.41, 5.74) is 2.16. The lowest BCUT2D eigenvalue weighted by atomic mass is 10.1. The molecule has 0 saturated carbocycles. The van der Waals surface area contributed by atoms with Crippen LogP contribution in [-0.2, 0) is 10.5 Å². The number of benzene rings is 3. The number of aromatic amines is 1. The Morgan fingerprint density at radius 3 is 2.75 bits per heavy atom. The quantitative estimate of drug-likeness (QED) is 0.346. The number of hydrogen-bond donors (Lipinski definition) is 2. The average Bonchev–Trinajstić information content (AvgIpc) is 3.00. The van der Waals surface area contributed by atoms with Gasteiger partial charge in [0.25, 0.3) is 5.91 Å². The third-order valence-corrected chi connectivity index (χ3v) is 5.77. The van der Waals surface area contributed by atoms with Gasteiger partial charge in [0, 0.05) is 15.6 Å². The predicted molar refractivity (Wildman–Crippen MR) is 117 cm³/mol. The lowest BCUT2D eigenvalue weighted by molar-refractivity contribution is -0.115. The first kappa shape index (κ1) is 18.7. The van der Waals surface area contributed by atoms with E-state index in [0.717, 1.165) is 21.3 Å². The van der Waals surface area contributed by atoms with E-state index in [2.05, 4.69) is 61.5 Å². The highest BCUT2D eigenvalue weighted by molar-refractivity contribution is 9.10. The minimum atomic E-state index is -0.338. The van der Waals surface area contributed by atoms with Crippen molar-refractivity contribution in [1.82, 2.24) is 4.98 Å². The maximum absolute atomic E-state index is 12.1. The number of hydrogen-bond acceptors (Lipinski definition) is 4. The molecule has 5 nitrogen and oxygen atoms in total. The van der Waals surface area contributed by atoms with Crippen molar-refractivity contribution < 1.29 is 9.90 Å². The van der Waals surface area contributed by atoms with Crippen LogP contribution < -0.4 is 0 Å². The van der Waals surface area contributed by atoms with Crippen molar-refractivity contribution in [3.63, 3.8) is 0 Å². The van der Waals surface area contributed by atoms with Crippen LogP contribution >= 0.6 is 27.7 Å². The Morgan fingerprint density at radius 1 is 1.07 bits per heavy atom. The summed E-state index contributed by atoms with van der Waals surface area (Å²) < 4.78 is 0.854. The fraction of sp³-hybridized carbons (Fsp3) is 0.0952. The number of halogens is 1. The minimum Gasteiger partial charge on any atom is -0.493 e. The summed E-state index contributed by atoms with van der Waals surface area (Å²) in [7, 11) is 0. The molecule has 2 N–H and O–H groups in total. The number of H-pyrrole nitrogens is 1. The summed E-state index contributed by atoms with van der Waals surface area (Å²) in [4.78, 5) is 14.9. The molecule has 0 aliphatic carbocycles. The molecule has 0 fully saturated rings. The van der Waals surface area contributed by atoms with E-state index in [1.54, 1.807) is 0 Å². The molecule has 1 aromatic heterocycles. The first-order valence-corrected chi connectivity index (χ1v) is 10.5. The molecule has 0 aliphatic rings. The Labute approximate surface area is 174 Å². The second kappa shape index (κ2) is 8.16. The molecule has 0 spiro atoms. The standard InChI is InChI=1S/C21H16BrN3O2S/c22-16-7-8-18-17(10-16)20(21(27)23-18)25-24-19(26)12-28-11-13-5-6-14-3-1-2-4-15(14)9-13/h1-10,23,27H,11-12H2. The molecular formula is C21H16BrN3O2S. The summed E-state index contributed by atoms with van der Waals surface area (Å²) >= 11 is 4.88. The van der Waals surface area contributed by atoms with Crippen LogP contribution in [-0.4, -0.2) is 21.8 Å². The Balaban J connectivity index is 1.39. The van der Waals surface area contributed by atoms with E-state index in [-0.39, 0.29) is 23.2 Å². The van der Waals surface area contributed by atoms with Crippen molar-refractivity contribution in [3.05, 3.63) is 70.7 Å². The van der Waals surface area contributed by atoms with Gasteiger partial charge in [-0.05, 0) is 34.5 Å². The van der Waals surface area contributed by atoms with Gasteiger partial charge in [-0.2, -0.15) is 0 Å². The number of carbonyl (C=O) groups excluding carboxylic acids is 1. The van der Waals surface area contributed by atoms with Crippen molar-refractivity contribution >= 4 is 61.0 Å². The van der Waals surface area contributed by atoms with E-state index in [1.807, 2.05) is 30.3 Å². The van der Waals surface area contributed by atoms with Crippen LogP contribution in [0, 0.1) is 0 Å². The van der Waals surface area contributed by atoms with Crippen LogP contribution in [0.25, 0.3) is 21.7 Å². The highest BCUT2D eigenvalue weighted by Crippen LogP contribution is 2.36. The number of rotatable bonds is 5. The highest BCUT2D eigenvalue weighted by atomic mass is 79.9. The molecule has 7 heteroatoms. The zero-order valence-electron chi connectivity index (χ0n) is 14.7. The van der Waals surface area contributed by atoms with Gasteiger partial charge < -0.3 is 10.1 Å². The molecule has 0 saturated heterocycles. The Hall–Kier alpha value is -2.64. The second-order valence-corrected chi connectivity index (χ2v) is 8.18. The van der Waals surface area contributed by atoms with E-state index in [9.17, 15) is 9.90 Å². The van der Waals surface area contributed by atoms with Crippen molar-refractivity contribution in [2.75, 3.05) is 5.75 Å². The number of carbonyl (C=O) groups is 1. The molecular weight excluding hydrogens is 438 g/mol. The number of nitrogens with zero attached hydrogens (tertiary/aromatic N) is 2. The highest BCUT2D eigenvalue weighted by Gasteiger charge is 2.11. The lowest BCUT2D eigenvalue weighted by Crippen LogP contribution is -1.96. The molecule has 0 unspecified atom stereocenters. The van der Waals surface area contributed by atoms with Crippen LogP contribution in [0.1, 0.15) is 5.56 Å². The van der Waals surface area contributed by atoms with Crippen molar-refractivity contribution in [2.45, 2.75) is 5.75 Å². The maximum Gasteiger partial charge on any atom is 0.274 e. The molecule has 4 rings (SSSR count). The first-order valence-electron chi connectivity index (χ1n) is 8.60. The summed E-state index contributed by atoms with van der Waals surface area (Å²) in [6.07, 6.45) is 0. The molecule has 1 amide bonds. The van der Waals surface area contributed by atoms with Crippen LogP contribution in [0.5, 0.6) is 5.88 Å². The largest absolute Gasteiger partial charge is 0.493 e. The fourth-order valence-corrected chi connectivity index (χ4v) is 4.07. The van der Waals surface area contributed by atoms with Crippen LogP contribution in [0.2, 0.25) is 0 Å². The van der Waals surface area contributed by atoms with Gasteiger partial charge in [0.1, 0.15) is 0 Å². The summed E-state index contributed by atoms with van der Waals surface area (Å²) in [5.74, 6) is 0.503. The Morgan fingerprint density at radius 2 is 1.89 bits per heavy atom. The number of aromatic nitrogens is 1. The SMILES string of the molecule is O=C(CSCc1ccc2ccccc2c1)N=Nc1c(O)[nH]c2ccc(Br)cc12. The summed E-state index contributed by atoms with van der Waals surface area (Å²) in [6, 6.07) is 20.0. The van der Waals surface area contributed by atoms with Gasteiger partial charge in [0.05, 0.1) is 11.3 Å². The zero-order valence-corrected chi connectivity index (χ0v) is 17.1. The van der Waals surface area contributed by atoms with Gasteiger partial charge in [0.15, 0.2) is 5.69 Å². The molecule has 28 heavy (non-hydrogen) atoms. The average molecular weight is 454 g/mol. The molecule has 0 atom stereocenters. The van der Waals surface area contributed by atoms with Gasteiger partial charge in [-0.25, -0.2) is 0 Å². The second-order valence-electron chi connectivity index (χ2n) is 6.28. The number of thioether (sulfide) groups is 1. The zero-order chi connectivity index (χ0) is 19.5. The lowest BCUT2D eigenvalue weighted by Gasteiger charge is -2.02. The topological polar surface area (TPSA) is 77.8 Å². The Bertz CT molecular complexity index is 1200. The smallest absolute Gasteiger partial charge is 0.274 e. The first-order chi connectivity index (χ1) is 13.6. The van der Waals surface area contributed by atoms with Crippen molar-refractivity contribution in [1.29, 1.82) is 0 Å². The predicted octanol–water partition coefficient (Wildman–Crippen LogP) is 6.33. The number of azo groups is 1.